The summed E-state index contributed by atoms with van der Waals surface area (Å²) in [6.07, 6.45) is 2.60. The van der Waals surface area contributed by atoms with Crippen molar-refractivity contribution >= 4 is 29.0 Å². The van der Waals surface area contributed by atoms with Crippen molar-refractivity contribution in [1.29, 1.82) is 0 Å². The Morgan fingerprint density at radius 1 is 1.17 bits per heavy atom. The molecular formula is C21H25ClN6O. The molecule has 1 aromatic carbocycles. The Morgan fingerprint density at radius 3 is 2.59 bits per heavy atom. The number of fused-ring (bicyclic) bond motifs is 1. The summed E-state index contributed by atoms with van der Waals surface area (Å²) in [5.74, 6) is 1.80. The SMILES string of the molecule is CCC(C)NC(=O)C1CCN(c2ccc3nnc(-c4ccc(Cl)cc4)n3n2)CC1. The van der Waals surface area contributed by atoms with Crippen LogP contribution in [0.5, 0.6) is 0 Å². The van der Waals surface area contributed by atoms with Crippen molar-refractivity contribution in [2.45, 2.75) is 39.2 Å². The van der Waals surface area contributed by atoms with Crippen molar-refractivity contribution in [3.05, 3.63) is 41.4 Å². The first kappa shape index (κ1) is 19.6. The quantitative estimate of drug-likeness (QED) is 0.693. The van der Waals surface area contributed by atoms with Crippen LogP contribution in [0.4, 0.5) is 5.82 Å². The second-order valence-corrected chi connectivity index (χ2v) is 8.01. The number of hydrogen-bond acceptors (Lipinski definition) is 5. The molecule has 0 aliphatic carbocycles. The van der Waals surface area contributed by atoms with Crippen LogP contribution in [0.2, 0.25) is 5.02 Å². The van der Waals surface area contributed by atoms with E-state index in [1.807, 2.05) is 43.3 Å². The zero-order chi connectivity index (χ0) is 20.4. The van der Waals surface area contributed by atoms with Crippen LogP contribution >= 0.6 is 11.6 Å². The maximum atomic E-state index is 12.4. The molecule has 1 fully saturated rings. The molecule has 1 aliphatic heterocycles. The predicted molar refractivity (Wildman–Crippen MR) is 114 cm³/mol. The minimum atomic E-state index is 0.0727. The van der Waals surface area contributed by atoms with E-state index < -0.39 is 0 Å². The molecular weight excluding hydrogens is 388 g/mol. The van der Waals surface area contributed by atoms with E-state index in [0.717, 1.165) is 43.7 Å². The number of anilines is 1. The molecule has 8 heteroatoms. The van der Waals surface area contributed by atoms with Crippen LogP contribution in [0.25, 0.3) is 17.0 Å². The molecule has 0 spiro atoms. The summed E-state index contributed by atoms with van der Waals surface area (Å²) in [4.78, 5) is 14.6. The number of benzene rings is 1. The third-order valence-corrected chi connectivity index (χ3v) is 5.79. The number of rotatable bonds is 5. The Morgan fingerprint density at radius 2 is 1.90 bits per heavy atom. The van der Waals surface area contributed by atoms with Gasteiger partial charge in [-0.15, -0.1) is 15.3 Å². The van der Waals surface area contributed by atoms with Crippen LogP contribution in [0.15, 0.2) is 36.4 Å². The monoisotopic (exact) mass is 412 g/mol. The van der Waals surface area contributed by atoms with Crippen LogP contribution in [0.1, 0.15) is 33.1 Å². The van der Waals surface area contributed by atoms with E-state index in [9.17, 15) is 4.79 Å². The molecule has 0 saturated carbocycles. The first-order valence-corrected chi connectivity index (χ1v) is 10.5. The highest BCUT2D eigenvalue weighted by atomic mass is 35.5. The lowest BCUT2D eigenvalue weighted by molar-refractivity contribution is -0.126. The van der Waals surface area contributed by atoms with Gasteiger partial charge in [0.15, 0.2) is 11.5 Å². The summed E-state index contributed by atoms with van der Waals surface area (Å²) in [6, 6.07) is 11.6. The normalized spacial score (nSPS) is 16.2. The number of hydrogen-bond donors (Lipinski definition) is 1. The lowest BCUT2D eigenvalue weighted by atomic mass is 9.95. The highest BCUT2D eigenvalue weighted by Gasteiger charge is 2.26. The number of halogens is 1. The van der Waals surface area contributed by atoms with Gasteiger partial charge < -0.3 is 10.2 Å². The van der Waals surface area contributed by atoms with Crippen molar-refractivity contribution < 1.29 is 4.79 Å². The van der Waals surface area contributed by atoms with Gasteiger partial charge in [0.25, 0.3) is 0 Å². The molecule has 0 radical (unpaired) electrons. The fourth-order valence-corrected chi connectivity index (χ4v) is 3.69. The summed E-state index contributed by atoms with van der Waals surface area (Å²) in [6.45, 7) is 5.73. The van der Waals surface area contributed by atoms with Gasteiger partial charge in [-0.3, -0.25) is 4.79 Å². The first-order chi connectivity index (χ1) is 14.0. The second kappa shape index (κ2) is 8.37. The number of amides is 1. The van der Waals surface area contributed by atoms with Crippen molar-refractivity contribution in [1.82, 2.24) is 25.1 Å². The van der Waals surface area contributed by atoms with Gasteiger partial charge in [0, 0.05) is 35.6 Å². The minimum Gasteiger partial charge on any atom is -0.355 e. The topological polar surface area (TPSA) is 75.4 Å². The maximum absolute atomic E-state index is 12.4. The molecule has 152 valence electrons. The summed E-state index contributed by atoms with van der Waals surface area (Å²) in [7, 11) is 0. The molecule has 4 rings (SSSR count). The zero-order valence-corrected chi connectivity index (χ0v) is 17.4. The molecule has 1 unspecified atom stereocenters. The first-order valence-electron chi connectivity index (χ1n) is 10.1. The fraction of sp³-hybridized carbons (Fsp3) is 0.429. The summed E-state index contributed by atoms with van der Waals surface area (Å²) < 4.78 is 1.76. The number of carbonyl (C=O) groups excluding carboxylic acids is 1. The Kier molecular flexibility index (Phi) is 5.67. The highest BCUT2D eigenvalue weighted by molar-refractivity contribution is 6.30. The van der Waals surface area contributed by atoms with Crippen LogP contribution in [0.3, 0.4) is 0 Å². The molecule has 3 heterocycles. The smallest absolute Gasteiger partial charge is 0.223 e. The van der Waals surface area contributed by atoms with Crippen LogP contribution < -0.4 is 10.2 Å². The summed E-state index contributed by atoms with van der Waals surface area (Å²) >= 11 is 5.99. The fourth-order valence-electron chi connectivity index (χ4n) is 3.56. The number of nitrogens with one attached hydrogen (secondary N) is 1. The molecule has 1 N–H and O–H groups in total. The van der Waals surface area contributed by atoms with E-state index in [1.54, 1.807) is 4.52 Å². The van der Waals surface area contributed by atoms with Gasteiger partial charge in [-0.2, -0.15) is 4.52 Å². The van der Waals surface area contributed by atoms with E-state index in [-0.39, 0.29) is 17.9 Å². The zero-order valence-electron chi connectivity index (χ0n) is 16.7. The molecule has 7 nitrogen and oxygen atoms in total. The van der Waals surface area contributed by atoms with E-state index in [1.165, 1.54) is 0 Å². The van der Waals surface area contributed by atoms with Gasteiger partial charge in [-0.1, -0.05) is 18.5 Å². The van der Waals surface area contributed by atoms with E-state index in [0.29, 0.717) is 16.5 Å². The number of carbonyl (C=O) groups is 1. The molecule has 1 amide bonds. The molecule has 2 aromatic heterocycles. The molecule has 0 bridgehead atoms. The van der Waals surface area contributed by atoms with E-state index in [2.05, 4.69) is 27.3 Å². The van der Waals surface area contributed by atoms with Crippen LogP contribution in [-0.4, -0.2) is 44.8 Å². The number of nitrogens with zero attached hydrogens (tertiary/aromatic N) is 5. The Balaban J connectivity index is 1.50. The van der Waals surface area contributed by atoms with Crippen molar-refractivity contribution in [2.24, 2.45) is 5.92 Å². The number of piperidine rings is 1. The highest BCUT2D eigenvalue weighted by Crippen LogP contribution is 2.24. The molecule has 1 saturated heterocycles. The predicted octanol–water partition coefficient (Wildman–Crippen LogP) is 3.58. The molecule has 3 aromatic rings. The average molecular weight is 413 g/mol. The van der Waals surface area contributed by atoms with Crippen molar-refractivity contribution in [3.8, 4) is 11.4 Å². The molecule has 29 heavy (non-hydrogen) atoms. The average Bonchev–Trinajstić information content (AvgIpc) is 3.17. The minimum absolute atomic E-state index is 0.0727. The Hall–Kier alpha value is -2.67. The third-order valence-electron chi connectivity index (χ3n) is 5.54. The van der Waals surface area contributed by atoms with Gasteiger partial charge in [0.1, 0.15) is 5.82 Å². The largest absolute Gasteiger partial charge is 0.355 e. The van der Waals surface area contributed by atoms with Gasteiger partial charge in [-0.25, -0.2) is 0 Å². The van der Waals surface area contributed by atoms with E-state index in [4.69, 9.17) is 16.7 Å². The van der Waals surface area contributed by atoms with Gasteiger partial charge >= 0.3 is 0 Å². The Bertz CT molecular complexity index is 994. The van der Waals surface area contributed by atoms with Crippen LogP contribution in [0, 0.1) is 5.92 Å². The van der Waals surface area contributed by atoms with E-state index >= 15 is 0 Å². The standard InChI is InChI=1S/C21H25ClN6O/c1-3-14(2)23-21(29)16-10-12-27(13-11-16)19-9-8-18-24-25-20(28(18)26-19)15-4-6-17(22)7-5-15/h4-9,14,16H,3,10-13H2,1-2H3,(H,23,29). The Labute approximate surface area is 175 Å². The van der Waals surface area contributed by atoms with Crippen LogP contribution in [-0.2, 0) is 4.79 Å². The lowest BCUT2D eigenvalue weighted by Gasteiger charge is -2.32. The second-order valence-electron chi connectivity index (χ2n) is 7.57. The summed E-state index contributed by atoms with van der Waals surface area (Å²) in [5, 5.41) is 17.1. The molecule has 1 atom stereocenters. The van der Waals surface area contributed by atoms with Crippen molar-refractivity contribution in [3.63, 3.8) is 0 Å². The van der Waals surface area contributed by atoms with Gasteiger partial charge in [0.2, 0.25) is 5.91 Å². The number of aromatic nitrogens is 4. The van der Waals surface area contributed by atoms with Gasteiger partial charge in [-0.05, 0) is 62.6 Å². The summed E-state index contributed by atoms with van der Waals surface area (Å²) in [5.41, 5.74) is 1.61. The lowest BCUT2D eigenvalue weighted by Crippen LogP contribution is -2.43. The molecule has 1 aliphatic rings. The van der Waals surface area contributed by atoms with Crippen molar-refractivity contribution in [2.75, 3.05) is 18.0 Å². The van der Waals surface area contributed by atoms with Gasteiger partial charge in [0.05, 0.1) is 0 Å². The maximum Gasteiger partial charge on any atom is 0.223 e. The third kappa shape index (κ3) is 4.19.